The first-order valence-corrected chi connectivity index (χ1v) is 6.74. The Balaban J connectivity index is 2.52. The second kappa shape index (κ2) is 5.18. The van der Waals surface area contributed by atoms with Gasteiger partial charge in [0.15, 0.2) is 0 Å². The highest BCUT2D eigenvalue weighted by Gasteiger charge is 2.42. The van der Waals surface area contributed by atoms with Crippen molar-refractivity contribution in [2.24, 2.45) is 0 Å². The number of hydrogen-bond donors (Lipinski definition) is 1. The summed E-state index contributed by atoms with van der Waals surface area (Å²) in [7, 11) is 0. The molecule has 0 aliphatic heterocycles. The fraction of sp³-hybridized carbons (Fsp3) is 0.333. The second-order valence-corrected chi connectivity index (χ2v) is 5.85. The molecule has 0 aliphatic rings. The first-order valence-electron chi connectivity index (χ1n) is 6.74. The van der Waals surface area contributed by atoms with E-state index in [0.717, 1.165) is 0 Å². The Labute approximate surface area is 115 Å². The molecule has 0 amide bonds. The summed E-state index contributed by atoms with van der Waals surface area (Å²) in [5, 5.41) is 10.0. The number of rotatable bonds is 4. The van der Waals surface area contributed by atoms with Crippen LogP contribution in [0.1, 0.15) is 31.9 Å². The van der Waals surface area contributed by atoms with Gasteiger partial charge in [0.1, 0.15) is 0 Å². The molecular weight excluding hydrogens is 232 g/mol. The molecule has 19 heavy (non-hydrogen) atoms. The van der Waals surface area contributed by atoms with E-state index >= 15 is 0 Å². The molecule has 0 heterocycles. The molecule has 2 rings (SSSR count). The lowest BCUT2D eigenvalue weighted by atomic mass is 9.60. The molecule has 0 radical (unpaired) electrons. The van der Waals surface area contributed by atoms with Crippen molar-refractivity contribution < 1.29 is 5.11 Å². The van der Waals surface area contributed by atoms with Crippen molar-refractivity contribution in [2.45, 2.75) is 31.6 Å². The van der Waals surface area contributed by atoms with E-state index in [0.29, 0.717) is 0 Å². The Morgan fingerprint density at radius 3 is 1.58 bits per heavy atom. The van der Waals surface area contributed by atoms with E-state index in [2.05, 4.69) is 57.2 Å². The zero-order chi connectivity index (χ0) is 13.9. The van der Waals surface area contributed by atoms with Crippen molar-refractivity contribution in [1.29, 1.82) is 0 Å². The van der Waals surface area contributed by atoms with Crippen LogP contribution < -0.4 is 0 Å². The van der Waals surface area contributed by atoms with E-state index in [1.54, 1.807) is 0 Å². The van der Waals surface area contributed by atoms with Crippen LogP contribution in [0.4, 0.5) is 0 Å². The molecule has 1 N–H and O–H groups in total. The largest absolute Gasteiger partial charge is 0.395 e. The molecule has 2 aromatic rings. The van der Waals surface area contributed by atoms with Crippen molar-refractivity contribution in [3.05, 3.63) is 71.8 Å². The lowest BCUT2D eigenvalue weighted by Crippen LogP contribution is -2.45. The summed E-state index contributed by atoms with van der Waals surface area (Å²) in [6.07, 6.45) is 0. The fourth-order valence-electron chi connectivity index (χ4n) is 2.63. The van der Waals surface area contributed by atoms with Crippen LogP contribution in [0.2, 0.25) is 0 Å². The van der Waals surface area contributed by atoms with Crippen molar-refractivity contribution in [1.82, 2.24) is 0 Å². The predicted octanol–water partition coefficient (Wildman–Crippen LogP) is 3.91. The van der Waals surface area contributed by atoms with Crippen LogP contribution in [-0.4, -0.2) is 11.7 Å². The highest BCUT2D eigenvalue weighted by Crippen LogP contribution is 2.43. The Bertz CT molecular complexity index is 516. The summed E-state index contributed by atoms with van der Waals surface area (Å²) in [4.78, 5) is 0. The monoisotopic (exact) mass is 254 g/mol. The van der Waals surface area contributed by atoms with Crippen molar-refractivity contribution in [2.75, 3.05) is 6.61 Å². The number of benzene rings is 2. The highest BCUT2D eigenvalue weighted by molar-refractivity contribution is 5.37. The van der Waals surface area contributed by atoms with Crippen LogP contribution in [0.15, 0.2) is 60.7 Å². The Hall–Kier alpha value is -1.60. The smallest absolute Gasteiger partial charge is 0.0533 e. The molecule has 0 bridgehead atoms. The topological polar surface area (TPSA) is 20.2 Å². The van der Waals surface area contributed by atoms with Crippen LogP contribution in [0.5, 0.6) is 0 Å². The summed E-state index contributed by atoms with van der Waals surface area (Å²) in [6, 6.07) is 20.7. The summed E-state index contributed by atoms with van der Waals surface area (Å²) in [6.45, 7) is 6.66. The number of hydrogen-bond acceptors (Lipinski definition) is 1. The van der Waals surface area contributed by atoms with Crippen molar-refractivity contribution in [3.63, 3.8) is 0 Å². The molecule has 0 aromatic heterocycles. The standard InChI is InChI=1S/C18H22O/c1-17(2,15-10-6-4-7-11-15)18(3,14-19)16-12-8-5-9-13-16/h4-13,19H,14H2,1-3H3. The number of aliphatic hydroxyl groups is 1. The van der Waals surface area contributed by atoms with Crippen molar-refractivity contribution in [3.8, 4) is 0 Å². The molecule has 1 unspecified atom stereocenters. The molecule has 1 atom stereocenters. The first-order chi connectivity index (χ1) is 9.02. The third kappa shape index (κ3) is 2.31. The van der Waals surface area contributed by atoms with Gasteiger partial charge in [-0.3, -0.25) is 0 Å². The van der Waals surface area contributed by atoms with Crippen LogP contribution in [0, 0.1) is 0 Å². The van der Waals surface area contributed by atoms with Crippen LogP contribution >= 0.6 is 0 Å². The van der Waals surface area contributed by atoms with Crippen LogP contribution in [0.25, 0.3) is 0 Å². The van der Waals surface area contributed by atoms with E-state index in [1.165, 1.54) is 11.1 Å². The maximum atomic E-state index is 10.0. The normalized spacial score (nSPS) is 14.9. The lowest BCUT2D eigenvalue weighted by Gasteiger charge is -2.44. The minimum Gasteiger partial charge on any atom is -0.395 e. The third-order valence-electron chi connectivity index (χ3n) is 4.60. The molecule has 100 valence electrons. The van der Waals surface area contributed by atoms with E-state index in [1.807, 2.05) is 24.3 Å². The average molecular weight is 254 g/mol. The molecule has 0 saturated carbocycles. The maximum absolute atomic E-state index is 10.0. The average Bonchev–Trinajstić information content (AvgIpc) is 2.48. The summed E-state index contributed by atoms with van der Waals surface area (Å²) in [5.74, 6) is 0. The molecule has 0 spiro atoms. The second-order valence-electron chi connectivity index (χ2n) is 5.85. The quantitative estimate of drug-likeness (QED) is 0.877. The molecule has 1 nitrogen and oxygen atoms in total. The minimum atomic E-state index is -0.310. The molecule has 0 saturated heterocycles. The Kier molecular flexibility index (Phi) is 3.77. The van der Waals surface area contributed by atoms with Gasteiger partial charge in [-0.2, -0.15) is 0 Å². The lowest BCUT2D eigenvalue weighted by molar-refractivity contribution is 0.141. The predicted molar refractivity (Wildman–Crippen MR) is 80.3 cm³/mol. The van der Waals surface area contributed by atoms with E-state index in [9.17, 15) is 5.11 Å². The molecular formula is C18H22O. The first kappa shape index (κ1) is 13.8. The Morgan fingerprint density at radius 1 is 0.737 bits per heavy atom. The molecule has 0 aliphatic carbocycles. The SMILES string of the molecule is CC(C)(c1ccccc1)C(C)(CO)c1ccccc1. The van der Waals surface area contributed by atoms with E-state index in [4.69, 9.17) is 0 Å². The third-order valence-corrected chi connectivity index (χ3v) is 4.60. The van der Waals surface area contributed by atoms with Gasteiger partial charge in [0, 0.05) is 10.8 Å². The van der Waals surface area contributed by atoms with Gasteiger partial charge in [-0.25, -0.2) is 0 Å². The van der Waals surface area contributed by atoms with Gasteiger partial charge in [0.05, 0.1) is 6.61 Å². The van der Waals surface area contributed by atoms with Gasteiger partial charge in [0.2, 0.25) is 0 Å². The molecule has 0 fully saturated rings. The van der Waals surface area contributed by atoms with Gasteiger partial charge in [-0.1, -0.05) is 81.4 Å². The van der Waals surface area contributed by atoms with Gasteiger partial charge in [0.25, 0.3) is 0 Å². The zero-order valence-electron chi connectivity index (χ0n) is 11.9. The van der Waals surface area contributed by atoms with Crippen LogP contribution in [0.3, 0.4) is 0 Å². The summed E-state index contributed by atoms with van der Waals surface area (Å²) >= 11 is 0. The Morgan fingerprint density at radius 2 is 1.16 bits per heavy atom. The zero-order valence-corrected chi connectivity index (χ0v) is 11.9. The van der Waals surface area contributed by atoms with E-state index in [-0.39, 0.29) is 17.4 Å². The minimum absolute atomic E-state index is 0.124. The van der Waals surface area contributed by atoms with Gasteiger partial charge in [-0.15, -0.1) is 0 Å². The molecule has 1 heteroatoms. The summed E-state index contributed by atoms with van der Waals surface area (Å²) in [5.41, 5.74) is 1.96. The van der Waals surface area contributed by atoms with Crippen molar-refractivity contribution >= 4 is 0 Å². The maximum Gasteiger partial charge on any atom is 0.0533 e. The highest BCUT2D eigenvalue weighted by atomic mass is 16.3. The van der Waals surface area contributed by atoms with E-state index < -0.39 is 0 Å². The van der Waals surface area contributed by atoms with Gasteiger partial charge < -0.3 is 5.11 Å². The number of aliphatic hydroxyl groups excluding tert-OH is 1. The fourth-order valence-corrected chi connectivity index (χ4v) is 2.63. The van der Waals surface area contributed by atoms with Gasteiger partial charge in [-0.05, 0) is 11.1 Å². The van der Waals surface area contributed by atoms with Gasteiger partial charge >= 0.3 is 0 Å². The van der Waals surface area contributed by atoms with Crippen LogP contribution in [-0.2, 0) is 10.8 Å². The summed E-state index contributed by atoms with van der Waals surface area (Å²) < 4.78 is 0. The molecule has 2 aromatic carbocycles.